The average Bonchev–Trinajstić information content (AvgIpc) is 2.78. The van der Waals surface area contributed by atoms with Crippen molar-refractivity contribution in [1.82, 2.24) is 19.3 Å². The Morgan fingerprint density at radius 2 is 2.29 bits per heavy atom. The van der Waals surface area contributed by atoms with Crippen LogP contribution in [0, 0.1) is 6.92 Å². The molecule has 0 aromatic carbocycles. The van der Waals surface area contributed by atoms with Crippen LogP contribution >= 0.6 is 23.3 Å². The summed E-state index contributed by atoms with van der Waals surface area (Å²) in [5.41, 5.74) is 0.950. The molecule has 0 fully saturated rings. The molecule has 2 aromatic heterocycles. The Labute approximate surface area is 108 Å². The van der Waals surface area contributed by atoms with Gasteiger partial charge in [0.2, 0.25) is 5.95 Å². The molecule has 7 heteroatoms. The van der Waals surface area contributed by atoms with Crippen molar-refractivity contribution in [2.45, 2.75) is 29.6 Å². The van der Waals surface area contributed by atoms with Crippen LogP contribution in [0.25, 0.3) is 0 Å². The number of anilines is 1. The molecule has 0 radical (unpaired) electrons. The van der Waals surface area contributed by atoms with Crippen LogP contribution in [0.15, 0.2) is 21.8 Å². The Morgan fingerprint density at radius 3 is 3.00 bits per heavy atom. The minimum Gasteiger partial charge on any atom is -0.354 e. The Balaban J connectivity index is 2.13. The van der Waals surface area contributed by atoms with Crippen molar-refractivity contribution in [3.8, 4) is 0 Å². The molecule has 90 valence electrons. The summed E-state index contributed by atoms with van der Waals surface area (Å²) in [6, 6.07) is 1.95. The molecule has 17 heavy (non-hydrogen) atoms. The summed E-state index contributed by atoms with van der Waals surface area (Å²) in [6.45, 7) is 4.95. The van der Waals surface area contributed by atoms with Crippen molar-refractivity contribution in [2.75, 3.05) is 11.9 Å². The van der Waals surface area contributed by atoms with E-state index in [-0.39, 0.29) is 0 Å². The van der Waals surface area contributed by atoms with Crippen molar-refractivity contribution in [1.29, 1.82) is 0 Å². The molecule has 0 aliphatic carbocycles. The Kier molecular flexibility index (Phi) is 4.27. The van der Waals surface area contributed by atoms with Crippen LogP contribution in [0.2, 0.25) is 0 Å². The maximum Gasteiger partial charge on any atom is 0.223 e. The SMILES string of the molecule is CCCNc1nc(C)cc(Sc2ncns2)n1. The van der Waals surface area contributed by atoms with Crippen LogP contribution in [-0.4, -0.2) is 25.9 Å². The van der Waals surface area contributed by atoms with E-state index in [0.29, 0.717) is 5.95 Å². The molecular formula is C10H13N5S2. The zero-order valence-corrected chi connectivity index (χ0v) is 11.3. The molecule has 0 bridgehead atoms. The van der Waals surface area contributed by atoms with E-state index in [2.05, 4.69) is 31.6 Å². The molecule has 5 nitrogen and oxygen atoms in total. The summed E-state index contributed by atoms with van der Waals surface area (Å²) in [4.78, 5) is 12.9. The van der Waals surface area contributed by atoms with Crippen molar-refractivity contribution < 1.29 is 0 Å². The topological polar surface area (TPSA) is 63.6 Å². The molecule has 0 saturated heterocycles. The minimum atomic E-state index is 0.680. The Hall–Kier alpha value is -1.21. The monoisotopic (exact) mass is 267 g/mol. The highest BCUT2D eigenvalue weighted by atomic mass is 32.2. The van der Waals surface area contributed by atoms with Crippen LogP contribution in [0.3, 0.4) is 0 Å². The molecule has 2 rings (SSSR count). The fraction of sp³-hybridized carbons (Fsp3) is 0.400. The summed E-state index contributed by atoms with van der Waals surface area (Å²) in [5, 5.41) is 4.08. The molecule has 0 saturated carbocycles. The lowest BCUT2D eigenvalue weighted by Gasteiger charge is -2.05. The average molecular weight is 267 g/mol. The van der Waals surface area contributed by atoms with Crippen LogP contribution < -0.4 is 5.32 Å². The third kappa shape index (κ3) is 3.64. The number of nitrogens with one attached hydrogen (secondary N) is 1. The van der Waals surface area contributed by atoms with Crippen molar-refractivity contribution in [3.63, 3.8) is 0 Å². The van der Waals surface area contributed by atoms with Crippen LogP contribution in [0.1, 0.15) is 19.0 Å². The number of aromatic nitrogens is 4. The quantitative estimate of drug-likeness (QED) is 0.840. The van der Waals surface area contributed by atoms with E-state index in [9.17, 15) is 0 Å². The van der Waals surface area contributed by atoms with Crippen LogP contribution in [-0.2, 0) is 0 Å². The lowest BCUT2D eigenvalue weighted by Crippen LogP contribution is -2.05. The van der Waals surface area contributed by atoms with Gasteiger partial charge in [0.1, 0.15) is 11.4 Å². The maximum atomic E-state index is 4.43. The van der Waals surface area contributed by atoms with Gasteiger partial charge < -0.3 is 5.32 Å². The predicted octanol–water partition coefficient (Wildman–Crippen LogP) is 2.61. The third-order valence-corrected chi connectivity index (χ3v) is 3.53. The van der Waals surface area contributed by atoms with Gasteiger partial charge in [-0.2, -0.15) is 4.37 Å². The van der Waals surface area contributed by atoms with Gasteiger partial charge in [0.05, 0.1) is 0 Å². The second-order valence-electron chi connectivity index (χ2n) is 3.41. The lowest BCUT2D eigenvalue weighted by molar-refractivity contribution is 0.924. The van der Waals surface area contributed by atoms with Crippen LogP contribution in [0.4, 0.5) is 5.95 Å². The van der Waals surface area contributed by atoms with Crippen molar-refractivity contribution in [3.05, 3.63) is 18.1 Å². The maximum absolute atomic E-state index is 4.43. The van der Waals surface area contributed by atoms with Crippen molar-refractivity contribution in [2.24, 2.45) is 0 Å². The molecule has 2 heterocycles. The summed E-state index contributed by atoms with van der Waals surface area (Å²) >= 11 is 2.88. The summed E-state index contributed by atoms with van der Waals surface area (Å²) in [7, 11) is 0. The highest BCUT2D eigenvalue weighted by Crippen LogP contribution is 2.27. The van der Waals surface area contributed by atoms with Gasteiger partial charge in [-0.1, -0.05) is 6.92 Å². The zero-order chi connectivity index (χ0) is 12.1. The molecule has 1 N–H and O–H groups in total. The van der Waals surface area contributed by atoms with Gasteiger partial charge in [0.15, 0.2) is 4.34 Å². The third-order valence-electron chi connectivity index (χ3n) is 1.90. The van der Waals surface area contributed by atoms with E-state index in [1.165, 1.54) is 23.3 Å². The molecule has 2 aromatic rings. The lowest BCUT2D eigenvalue weighted by atomic mass is 10.4. The van der Waals surface area contributed by atoms with E-state index < -0.39 is 0 Å². The fourth-order valence-corrected chi connectivity index (χ4v) is 2.66. The largest absolute Gasteiger partial charge is 0.354 e. The first-order valence-electron chi connectivity index (χ1n) is 5.32. The number of aryl methyl sites for hydroxylation is 1. The van der Waals surface area contributed by atoms with E-state index in [1.807, 2.05) is 13.0 Å². The Morgan fingerprint density at radius 1 is 1.41 bits per heavy atom. The smallest absolute Gasteiger partial charge is 0.223 e. The molecular weight excluding hydrogens is 254 g/mol. The van der Waals surface area contributed by atoms with E-state index in [1.54, 1.807) is 6.33 Å². The normalized spacial score (nSPS) is 10.5. The molecule has 0 spiro atoms. The van der Waals surface area contributed by atoms with E-state index in [4.69, 9.17) is 0 Å². The highest BCUT2D eigenvalue weighted by molar-refractivity contribution is 8.00. The van der Waals surface area contributed by atoms with Gasteiger partial charge in [0, 0.05) is 12.2 Å². The first-order chi connectivity index (χ1) is 8.28. The number of hydrogen-bond acceptors (Lipinski definition) is 7. The molecule has 0 aliphatic rings. The van der Waals surface area contributed by atoms with Crippen molar-refractivity contribution >= 4 is 29.2 Å². The minimum absolute atomic E-state index is 0.680. The summed E-state index contributed by atoms with van der Waals surface area (Å²) in [5.74, 6) is 0.680. The number of hydrogen-bond donors (Lipinski definition) is 1. The molecule has 0 atom stereocenters. The first-order valence-corrected chi connectivity index (χ1v) is 6.91. The molecule has 0 unspecified atom stereocenters. The Bertz CT molecular complexity index is 472. The number of nitrogens with zero attached hydrogens (tertiary/aromatic N) is 4. The second-order valence-corrected chi connectivity index (χ2v) is 5.45. The van der Waals surface area contributed by atoms with E-state index in [0.717, 1.165) is 28.0 Å². The molecule has 0 aliphatic heterocycles. The molecule has 0 amide bonds. The number of rotatable bonds is 5. The van der Waals surface area contributed by atoms with Gasteiger partial charge in [-0.15, -0.1) is 0 Å². The predicted molar refractivity (Wildman–Crippen MR) is 69.6 cm³/mol. The van der Waals surface area contributed by atoms with Gasteiger partial charge in [-0.05, 0) is 42.7 Å². The fourth-order valence-electron chi connectivity index (χ4n) is 1.21. The summed E-state index contributed by atoms with van der Waals surface area (Å²) in [6.07, 6.45) is 2.60. The van der Waals surface area contributed by atoms with Gasteiger partial charge >= 0.3 is 0 Å². The second kappa shape index (κ2) is 5.92. The zero-order valence-electron chi connectivity index (χ0n) is 9.67. The van der Waals surface area contributed by atoms with Gasteiger partial charge in [-0.3, -0.25) is 0 Å². The van der Waals surface area contributed by atoms with Crippen LogP contribution in [0.5, 0.6) is 0 Å². The standard InChI is InChI=1S/C10H13N5S2/c1-3-4-11-9-14-7(2)5-8(15-9)16-10-12-6-13-17-10/h5-6H,3-4H2,1-2H3,(H,11,14,15). The first kappa shape index (κ1) is 12.3. The highest BCUT2D eigenvalue weighted by Gasteiger charge is 2.05. The van der Waals surface area contributed by atoms with E-state index >= 15 is 0 Å². The van der Waals surface area contributed by atoms with Gasteiger partial charge in [-0.25, -0.2) is 15.0 Å². The van der Waals surface area contributed by atoms with Gasteiger partial charge in [0.25, 0.3) is 0 Å². The summed E-state index contributed by atoms with van der Waals surface area (Å²) < 4.78 is 4.86.